The summed E-state index contributed by atoms with van der Waals surface area (Å²) >= 11 is 3.43. The molecule has 0 radical (unpaired) electrons. The molecule has 0 aliphatic rings. The predicted molar refractivity (Wildman–Crippen MR) is 109 cm³/mol. The zero-order chi connectivity index (χ0) is 18.8. The van der Waals surface area contributed by atoms with Gasteiger partial charge in [-0.15, -0.1) is 0 Å². The first-order valence-electron chi connectivity index (χ1n) is 9.11. The molecule has 2 rings (SSSR count). The third-order valence-corrected chi connectivity index (χ3v) is 4.37. The fourth-order valence-electron chi connectivity index (χ4n) is 2.56. The van der Waals surface area contributed by atoms with Crippen molar-refractivity contribution in [3.05, 3.63) is 52.5 Å². The van der Waals surface area contributed by atoms with E-state index >= 15 is 0 Å². The SMILES string of the molecule is CCCCCCOc1ccc(Br)cc1C(=O)Nc1ccccc1OCC. The molecule has 0 fully saturated rings. The smallest absolute Gasteiger partial charge is 0.259 e. The molecule has 2 aromatic carbocycles. The van der Waals surface area contributed by atoms with Gasteiger partial charge in [0.25, 0.3) is 5.91 Å². The van der Waals surface area contributed by atoms with Gasteiger partial charge in [0, 0.05) is 4.47 Å². The molecule has 0 heterocycles. The summed E-state index contributed by atoms with van der Waals surface area (Å²) in [5.74, 6) is 1.03. The van der Waals surface area contributed by atoms with Crippen molar-refractivity contribution in [3.63, 3.8) is 0 Å². The van der Waals surface area contributed by atoms with Crippen LogP contribution in [-0.4, -0.2) is 19.1 Å². The Morgan fingerprint density at radius 3 is 2.58 bits per heavy atom. The number of amides is 1. The zero-order valence-electron chi connectivity index (χ0n) is 15.4. The Morgan fingerprint density at radius 2 is 1.81 bits per heavy atom. The van der Waals surface area contributed by atoms with Gasteiger partial charge in [-0.05, 0) is 43.7 Å². The van der Waals surface area contributed by atoms with Gasteiger partial charge in [0.2, 0.25) is 0 Å². The first kappa shape index (κ1) is 20.3. The lowest BCUT2D eigenvalue weighted by molar-refractivity contribution is 0.102. The maximum atomic E-state index is 12.8. The number of ether oxygens (including phenoxy) is 2. The highest BCUT2D eigenvalue weighted by Crippen LogP contribution is 2.28. The van der Waals surface area contributed by atoms with Crippen molar-refractivity contribution in [3.8, 4) is 11.5 Å². The first-order valence-corrected chi connectivity index (χ1v) is 9.90. The number of para-hydroxylation sites is 2. The van der Waals surface area contributed by atoms with Crippen molar-refractivity contribution in [2.75, 3.05) is 18.5 Å². The second kappa shape index (κ2) is 10.9. The molecule has 0 aliphatic carbocycles. The molecule has 0 spiro atoms. The summed E-state index contributed by atoms with van der Waals surface area (Å²) in [7, 11) is 0. The van der Waals surface area contributed by atoms with Crippen molar-refractivity contribution in [1.82, 2.24) is 0 Å². The van der Waals surface area contributed by atoms with Gasteiger partial charge < -0.3 is 14.8 Å². The summed E-state index contributed by atoms with van der Waals surface area (Å²) in [5.41, 5.74) is 1.15. The third-order valence-electron chi connectivity index (χ3n) is 3.88. The van der Waals surface area contributed by atoms with E-state index < -0.39 is 0 Å². The lowest BCUT2D eigenvalue weighted by Crippen LogP contribution is -2.15. The Kier molecular flexibility index (Phi) is 8.48. The molecule has 0 aromatic heterocycles. The zero-order valence-corrected chi connectivity index (χ0v) is 17.0. The number of halogens is 1. The van der Waals surface area contributed by atoms with Crippen LogP contribution in [0.1, 0.15) is 49.9 Å². The molecule has 0 saturated carbocycles. The fraction of sp³-hybridized carbons (Fsp3) is 0.381. The molecular weight excluding hydrogens is 394 g/mol. The molecule has 0 saturated heterocycles. The van der Waals surface area contributed by atoms with Crippen molar-refractivity contribution in [1.29, 1.82) is 0 Å². The van der Waals surface area contributed by atoms with Crippen LogP contribution in [0.25, 0.3) is 0 Å². The van der Waals surface area contributed by atoms with Gasteiger partial charge in [0.05, 0.1) is 24.5 Å². The predicted octanol–water partition coefficient (Wildman–Crippen LogP) is 6.06. The molecule has 4 nitrogen and oxygen atoms in total. The lowest BCUT2D eigenvalue weighted by Gasteiger charge is -2.14. The summed E-state index contributed by atoms with van der Waals surface area (Å²) in [6.07, 6.45) is 4.50. The minimum Gasteiger partial charge on any atom is -0.493 e. The van der Waals surface area contributed by atoms with Crippen LogP contribution in [0.2, 0.25) is 0 Å². The van der Waals surface area contributed by atoms with Crippen LogP contribution in [0.3, 0.4) is 0 Å². The minimum atomic E-state index is -0.220. The summed E-state index contributed by atoms with van der Waals surface area (Å²) in [4.78, 5) is 12.8. The van der Waals surface area contributed by atoms with Crippen molar-refractivity contribution >= 4 is 27.5 Å². The number of anilines is 1. The average Bonchev–Trinajstić information content (AvgIpc) is 2.64. The Morgan fingerprint density at radius 1 is 1.00 bits per heavy atom. The second-order valence-electron chi connectivity index (χ2n) is 5.93. The number of carbonyl (C=O) groups is 1. The summed E-state index contributed by atoms with van der Waals surface area (Å²) in [6.45, 7) is 5.24. The normalized spacial score (nSPS) is 10.4. The quantitative estimate of drug-likeness (QED) is 0.476. The van der Waals surface area contributed by atoms with E-state index in [-0.39, 0.29) is 5.91 Å². The molecule has 0 unspecified atom stereocenters. The van der Waals surface area contributed by atoms with E-state index in [0.29, 0.717) is 36.0 Å². The third kappa shape index (κ3) is 6.06. The van der Waals surface area contributed by atoms with E-state index in [1.54, 1.807) is 6.07 Å². The van der Waals surface area contributed by atoms with Crippen LogP contribution in [0, 0.1) is 0 Å². The van der Waals surface area contributed by atoms with Crippen LogP contribution in [-0.2, 0) is 0 Å². The van der Waals surface area contributed by atoms with E-state index in [0.717, 1.165) is 17.3 Å². The molecule has 5 heteroatoms. The Balaban J connectivity index is 2.11. The molecule has 1 amide bonds. The van der Waals surface area contributed by atoms with E-state index in [1.165, 1.54) is 12.8 Å². The maximum absolute atomic E-state index is 12.8. The number of benzene rings is 2. The van der Waals surface area contributed by atoms with E-state index in [4.69, 9.17) is 9.47 Å². The van der Waals surface area contributed by atoms with E-state index in [1.807, 2.05) is 43.3 Å². The van der Waals surface area contributed by atoms with Gasteiger partial charge in [-0.25, -0.2) is 0 Å². The molecule has 26 heavy (non-hydrogen) atoms. The van der Waals surface area contributed by atoms with Crippen LogP contribution in [0.15, 0.2) is 46.9 Å². The molecule has 1 N–H and O–H groups in total. The van der Waals surface area contributed by atoms with Gasteiger partial charge in [-0.3, -0.25) is 4.79 Å². The number of carbonyl (C=O) groups excluding carboxylic acids is 1. The first-order chi connectivity index (χ1) is 12.7. The van der Waals surface area contributed by atoms with Crippen molar-refractivity contribution in [2.24, 2.45) is 0 Å². The maximum Gasteiger partial charge on any atom is 0.259 e. The number of unbranched alkanes of at least 4 members (excludes halogenated alkanes) is 3. The molecule has 0 aliphatic heterocycles. The van der Waals surface area contributed by atoms with Crippen LogP contribution >= 0.6 is 15.9 Å². The number of nitrogens with one attached hydrogen (secondary N) is 1. The molecular formula is C21H26BrNO3. The van der Waals surface area contributed by atoms with Gasteiger partial charge in [-0.1, -0.05) is 54.2 Å². The average molecular weight is 420 g/mol. The van der Waals surface area contributed by atoms with Gasteiger partial charge in [0.1, 0.15) is 11.5 Å². The van der Waals surface area contributed by atoms with Crippen LogP contribution < -0.4 is 14.8 Å². The second-order valence-corrected chi connectivity index (χ2v) is 6.85. The highest BCUT2D eigenvalue weighted by atomic mass is 79.9. The van der Waals surface area contributed by atoms with Gasteiger partial charge >= 0.3 is 0 Å². The molecule has 140 valence electrons. The number of rotatable bonds is 10. The largest absolute Gasteiger partial charge is 0.493 e. The number of hydrogen-bond acceptors (Lipinski definition) is 3. The highest BCUT2D eigenvalue weighted by Gasteiger charge is 2.15. The Hall–Kier alpha value is -2.01. The van der Waals surface area contributed by atoms with Crippen molar-refractivity contribution in [2.45, 2.75) is 39.5 Å². The minimum absolute atomic E-state index is 0.220. The van der Waals surface area contributed by atoms with Gasteiger partial charge in [0.15, 0.2) is 0 Å². The lowest BCUT2D eigenvalue weighted by atomic mass is 10.1. The fourth-order valence-corrected chi connectivity index (χ4v) is 2.92. The summed E-state index contributed by atoms with van der Waals surface area (Å²) < 4.78 is 12.3. The molecule has 2 aromatic rings. The van der Waals surface area contributed by atoms with Crippen molar-refractivity contribution < 1.29 is 14.3 Å². The summed E-state index contributed by atoms with van der Waals surface area (Å²) in [6, 6.07) is 12.9. The highest BCUT2D eigenvalue weighted by molar-refractivity contribution is 9.10. The van der Waals surface area contributed by atoms with Crippen LogP contribution in [0.4, 0.5) is 5.69 Å². The van der Waals surface area contributed by atoms with E-state index in [2.05, 4.69) is 28.2 Å². The van der Waals surface area contributed by atoms with Gasteiger partial charge in [-0.2, -0.15) is 0 Å². The standard InChI is InChI=1S/C21H26BrNO3/c1-3-5-6-9-14-26-19-13-12-16(22)15-17(19)21(24)23-18-10-7-8-11-20(18)25-4-2/h7-8,10-13,15H,3-6,9,14H2,1-2H3,(H,23,24). The summed E-state index contributed by atoms with van der Waals surface area (Å²) in [5, 5.41) is 2.93. The Bertz CT molecular complexity index is 718. The van der Waals surface area contributed by atoms with Crippen LogP contribution in [0.5, 0.6) is 11.5 Å². The monoisotopic (exact) mass is 419 g/mol. The Labute approximate surface area is 164 Å². The number of hydrogen-bond donors (Lipinski definition) is 1. The molecule has 0 bridgehead atoms. The van der Waals surface area contributed by atoms with E-state index in [9.17, 15) is 4.79 Å². The topological polar surface area (TPSA) is 47.6 Å². The molecule has 0 atom stereocenters.